The Labute approximate surface area is 142 Å². The highest BCUT2D eigenvalue weighted by Gasteiger charge is 2.14. The Balaban J connectivity index is 1.59. The summed E-state index contributed by atoms with van der Waals surface area (Å²) in [6.45, 7) is 0. The number of nitriles is 1. The van der Waals surface area contributed by atoms with Gasteiger partial charge in [0.05, 0.1) is 23.6 Å². The molecule has 7 nitrogen and oxygen atoms in total. The molecule has 0 atom stereocenters. The number of aromatic nitrogens is 3. The summed E-state index contributed by atoms with van der Waals surface area (Å²) in [4.78, 5) is 12.0. The van der Waals surface area contributed by atoms with Gasteiger partial charge in [-0.25, -0.2) is 0 Å². The van der Waals surface area contributed by atoms with Crippen LogP contribution in [0.15, 0.2) is 52.2 Å². The first-order chi connectivity index (χ1) is 11.7. The second-order valence-electron chi connectivity index (χ2n) is 4.87. The number of rotatable bonds is 5. The van der Waals surface area contributed by atoms with E-state index in [9.17, 15) is 4.79 Å². The average molecular weight is 339 g/mol. The molecule has 120 valence electrons. The van der Waals surface area contributed by atoms with E-state index < -0.39 is 0 Å². The molecule has 0 aliphatic heterocycles. The van der Waals surface area contributed by atoms with Crippen LogP contribution in [0.25, 0.3) is 11.6 Å². The van der Waals surface area contributed by atoms with Crippen LogP contribution in [-0.4, -0.2) is 26.4 Å². The number of nitrogens with one attached hydrogen (secondary N) is 1. The van der Waals surface area contributed by atoms with Crippen molar-refractivity contribution in [2.24, 2.45) is 7.05 Å². The van der Waals surface area contributed by atoms with E-state index in [2.05, 4.69) is 15.5 Å². The van der Waals surface area contributed by atoms with Crippen molar-refractivity contribution in [1.82, 2.24) is 14.8 Å². The normalized spacial score (nSPS) is 10.3. The molecule has 0 bridgehead atoms. The fourth-order valence-corrected chi connectivity index (χ4v) is 2.73. The van der Waals surface area contributed by atoms with Crippen LogP contribution in [0.5, 0.6) is 0 Å². The van der Waals surface area contributed by atoms with Crippen LogP contribution < -0.4 is 5.32 Å². The molecular weight excluding hydrogens is 326 g/mol. The summed E-state index contributed by atoms with van der Waals surface area (Å²) in [6, 6.07) is 12.3. The van der Waals surface area contributed by atoms with Crippen LogP contribution in [0, 0.1) is 11.3 Å². The van der Waals surface area contributed by atoms with Crippen LogP contribution in [0.2, 0.25) is 0 Å². The van der Waals surface area contributed by atoms with Crippen molar-refractivity contribution >= 4 is 23.4 Å². The molecule has 0 aliphatic rings. The zero-order valence-corrected chi connectivity index (χ0v) is 13.6. The number of hydrogen-bond acceptors (Lipinski definition) is 6. The predicted molar refractivity (Wildman–Crippen MR) is 89.2 cm³/mol. The summed E-state index contributed by atoms with van der Waals surface area (Å²) in [5.41, 5.74) is 1.20. The minimum atomic E-state index is -0.160. The van der Waals surface area contributed by atoms with E-state index in [-0.39, 0.29) is 11.7 Å². The molecular formula is C16H13N5O2S. The smallest absolute Gasteiger partial charge is 0.234 e. The number of carbonyl (C=O) groups excluding carboxylic acids is 1. The Morgan fingerprint density at radius 3 is 2.79 bits per heavy atom. The minimum Gasteiger partial charge on any atom is -0.461 e. The molecule has 0 spiro atoms. The van der Waals surface area contributed by atoms with Gasteiger partial charge in [-0.15, -0.1) is 10.2 Å². The first kappa shape index (κ1) is 15.8. The van der Waals surface area contributed by atoms with Gasteiger partial charge < -0.3 is 14.3 Å². The maximum atomic E-state index is 12.0. The van der Waals surface area contributed by atoms with Gasteiger partial charge >= 0.3 is 0 Å². The molecule has 24 heavy (non-hydrogen) atoms. The van der Waals surface area contributed by atoms with Gasteiger partial charge in [-0.2, -0.15) is 5.26 Å². The topological polar surface area (TPSA) is 96.7 Å². The lowest BCUT2D eigenvalue weighted by Crippen LogP contribution is -2.14. The lowest BCUT2D eigenvalue weighted by molar-refractivity contribution is -0.113. The molecule has 2 aromatic heterocycles. The summed E-state index contributed by atoms with van der Waals surface area (Å²) >= 11 is 1.28. The maximum absolute atomic E-state index is 12.0. The largest absolute Gasteiger partial charge is 0.461 e. The lowest BCUT2D eigenvalue weighted by Gasteiger charge is -2.05. The highest BCUT2D eigenvalue weighted by atomic mass is 32.2. The van der Waals surface area contributed by atoms with E-state index in [1.807, 2.05) is 13.1 Å². The highest BCUT2D eigenvalue weighted by Crippen LogP contribution is 2.23. The van der Waals surface area contributed by atoms with E-state index in [1.165, 1.54) is 11.8 Å². The molecule has 3 rings (SSSR count). The van der Waals surface area contributed by atoms with Crippen molar-refractivity contribution in [2.45, 2.75) is 5.16 Å². The monoisotopic (exact) mass is 339 g/mol. The predicted octanol–water partition coefficient (Wildman–Crippen LogP) is 2.68. The number of anilines is 1. The second-order valence-corrected chi connectivity index (χ2v) is 5.81. The number of benzene rings is 1. The zero-order chi connectivity index (χ0) is 16.9. The molecule has 1 amide bonds. The van der Waals surface area contributed by atoms with Crippen LogP contribution in [0.3, 0.4) is 0 Å². The van der Waals surface area contributed by atoms with Crippen molar-refractivity contribution in [3.8, 4) is 17.7 Å². The Morgan fingerprint density at radius 1 is 1.33 bits per heavy atom. The van der Waals surface area contributed by atoms with Crippen molar-refractivity contribution in [3.63, 3.8) is 0 Å². The zero-order valence-electron chi connectivity index (χ0n) is 12.8. The third-order valence-corrected chi connectivity index (χ3v) is 4.23. The number of carbonyl (C=O) groups is 1. The molecule has 8 heteroatoms. The van der Waals surface area contributed by atoms with E-state index in [0.29, 0.717) is 28.0 Å². The van der Waals surface area contributed by atoms with E-state index in [0.717, 1.165) is 0 Å². The molecule has 0 radical (unpaired) electrons. The average Bonchev–Trinajstić information content (AvgIpc) is 3.23. The van der Waals surface area contributed by atoms with Gasteiger partial charge in [-0.05, 0) is 36.4 Å². The molecule has 0 saturated carbocycles. The van der Waals surface area contributed by atoms with Crippen molar-refractivity contribution in [3.05, 3.63) is 48.2 Å². The van der Waals surface area contributed by atoms with E-state index >= 15 is 0 Å². The summed E-state index contributed by atoms with van der Waals surface area (Å²) in [6.07, 6.45) is 1.57. The second kappa shape index (κ2) is 7.02. The number of furan rings is 1. The molecule has 2 heterocycles. The third kappa shape index (κ3) is 3.47. The van der Waals surface area contributed by atoms with Gasteiger partial charge in [0.1, 0.15) is 0 Å². The Morgan fingerprint density at radius 2 is 2.12 bits per heavy atom. The van der Waals surface area contributed by atoms with Crippen LogP contribution in [0.1, 0.15) is 5.56 Å². The first-order valence-corrected chi connectivity index (χ1v) is 8.02. The lowest BCUT2D eigenvalue weighted by atomic mass is 10.2. The van der Waals surface area contributed by atoms with Crippen LogP contribution in [0.4, 0.5) is 5.69 Å². The van der Waals surface area contributed by atoms with Crippen molar-refractivity contribution < 1.29 is 9.21 Å². The molecule has 1 aromatic carbocycles. The van der Waals surface area contributed by atoms with Gasteiger partial charge in [-0.3, -0.25) is 4.79 Å². The van der Waals surface area contributed by atoms with Crippen molar-refractivity contribution in [2.75, 3.05) is 11.1 Å². The summed E-state index contributed by atoms with van der Waals surface area (Å²) in [7, 11) is 1.82. The summed E-state index contributed by atoms with van der Waals surface area (Å²) in [5, 5.41) is 20.3. The first-order valence-electron chi connectivity index (χ1n) is 7.03. The number of hydrogen-bond donors (Lipinski definition) is 1. The summed E-state index contributed by atoms with van der Waals surface area (Å²) in [5.74, 6) is 1.27. The number of nitrogens with zero attached hydrogens (tertiary/aromatic N) is 4. The van der Waals surface area contributed by atoms with Crippen LogP contribution >= 0.6 is 11.8 Å². The maximum Gasteiger partial charge on any atom is 0.234 e. The molecule has 0 aliphatic carbocycles. The van der Waals surface area contributed by atoms with Gasteiger partial charge in [0.25, 0.3) is 0 Å². The molecule has 1 N–H and O–H groups in total. The number of thioether (sulfide) groups is 1. The highest BCUT2D eigenvalue weighted by molar-refractivity contribution is 7.99. The molecule has 0 saturated heterocycles. The Hall–Kier alpha value is -3.05. The molecule has 3 aromatic rings. The van der Waals surface area contributed by atoms with E-state index in [1.54, 1.807) is 47.2 Å². The SMILES string of the molecule is Cn1c(SCC(=O)Nc2ccc(C#N)cc2)nnc1-c1ccco1. The number of amides is 1. The van der Waals surface area contributed by atoms with Gasteiger partial charge in [0.15, 0.2) is 16.7 Å². The Kier molecular flexibility index (Phi) is 4.63. The quantitative estimate of drug-likeness (QED) is 0.718. The fraction of sp³-hybridized carbons (Fsp3) is 0.125. The van der Waals surface area contributed by atoms with Gasteiger partial charge in [0.2, 0.25) is 5.91 Å². The fourth-order valence-electron chi connectivity index (χ4n) is 2.02. The molecule has 0 unspecified atom stereocenters. The standard InChI is InChI=1S/C16H13N5O2S/c1-21-15(13-3-2-8-23-13)19-20-16(21)24-10-14(22)18-12-6-4-11(9-17)5-7-12/h2-8H,10H2,1H3,(H,18,22). The molecule has 0 fully saturated rings. The minimum absolute atomic E-state index is 0.160. The van der Waals surface area contributed by atoms with Crippen LogP contribution in [-0.2, 0) is 11.8 Å². The van der Waals surface area contributed by atoms with E-state index in [4.69, 9.17) is 9.68 Å². The van der Waals surface area contributed by atoms with Crippen molar-refractivity contribution in [1.29, 1.82) is 5.26 Å². The third-order valence-electron chi connectivity index (χ3n) is 3.21. The van der Waals surface area contributed by atoms with Gasteiger partial charge in [-0.1, -0.05) is 11.8 Å². The summed E-state index contributed by atoms with van der Waals surface area (Å²) < 4.78 is 7.08. The van der Waals surface area contributed by atoms with Gasteiger partial charge in [0, 0.05) is 12.7 Å². The Bertz CT molecular complexity index is 878.